The number of nitrogens with zero attached hydrogens (tertiary/aromatic N) is 4. The average Bonchev–Trinajstić information content (AvgIpc) is 2.89. The van der Waals surface area contributed by atoms with Crippen molar-refractivity contribution in [2.45, 2.75) is 0 Å². The second-order valence-electron chi connectivity index (χ2n) is 4.89. The second-order valence-corrected chi connectivity index (χ2v) is 5.30. The van der Waals surface area contributed by atoms with E-state index in [1.54, 1.807) is 18.2 Å². The molecule has 0 atom stereocenters. The topological polar surface area (TPSA) is 71.4 Å². The Labute approximate surface area is 122 Å². The Bertz CT molecular complexity index is 586. The first-order valence-electron chi connectivity index (χ1n) is 6.46. The zero-order chi connectivity index (χ0) is 14.1. The predicted molar refractivity (Wildman–Crippen MR) is 78.9 cm³/mol. The Balaban J connectivity index is 1.87. The Morgan fingerprint density at radius 2 is 2.00 bits per heavy atom. The lowest BCUT2D eigenvalue weighted by Gasteiger charge is -2.31. The van der Waals surface area contributed by atoms with Gasteiger partial charge in [-0.2, -0.15) is 4.98 Å². The van der Waals surface area contributed by atoms with Gasteiger partial charge in [0, 0.05) is 31.9 Å². The molecule has 1 saturated heterocycles. The minimum absolute atomic E-state index is 0.363. The van der Waals surface area contributed by atoms with Crippen LogP contribution in [0.2, 0.25) is 5.02 Å². The van der Waals surface area contributed by atoms with Gasteiger partial charge in [0.15, 0.2) is 0 Å². The van der Waals surface area contributed by atoms with Crippen molar-refractivity contribution in [2.75, 3.05) is 43.9 Å². The number of likely N-dealkylation sites (N-methyl/N-ethyl adjacent to an activating group) is 1. The number of benzene rings is 1. The first-order valence-corrected chi connectivity index (χ1v) is 6.84. The normalized spacial score (nSPS) is 16.6. The molecule has 20 heavy (non-hydrogen) atoms. The summed E-state index contributed by atoms with van der Waals surface area (Å²) in [5, 5.41) is 4.54. The summed E-state index contributed by atoms with van der Waals surface area (Å²) in [6.07, 6.45) is 0. The zero-order valence-electron chi connectivity index (χ0n) is 11.2. The van der Waals surface area contributed by atoms with Crippen molar-refractivity contribution >= 4 is 23.2 Å². The molecule has 0 aliphatic carbocycles. The van der Waals surface area contributed by atoms with Gasteiger partial charge in [-0.15, -0.1) is 0 Å². The first-order chi connectivity index (χ1) is 9.65. The van der Waals surface area contributed by atoms with Crippen LogP contribution in [0.1, 0.15) is 0 Å². The number of piperazine rings is 1. The van der Waals surface area contributed by atoms with Gasteiger partial charge in [0.2, 0.25) is 0 Å². The molecule has 2 N–H and O–H groups in total. The maximum Gasteiger partial charge on any atom is 0.266 e. The molecule has 1 aliphatic rings. The number of hydrogen-bond acceptors (Lipinski definition) is 6. The van der Waals surface area contributed by atoms with Crippen LogP contribution in [0.25, 0.3) is 11.5 Å². The Morgan fingerprint density at radius 3 is 2.70 bits per heavy atom. The van der Waals surface area contributed by atoms with Crippen molar-refractivity contribution in [3.8, 4) is 11.5 Å². The van der Waals surface area contributed by atoms with Crippen LogP contribution in [-0.4, -0.2) is 48.3 Å². The van der Waals surface area contributed by atoms with Gasteiger partial charge < -0.3 is 20.1 Å². The van der Waals surface area contributed by atoms with E-state index in [-0.39, 0.29) is 0 Å². The molecule has 1 aromatic carbocycles. The summed E-state index contributed by atoms with van der Waals surface area (Å²) in [5.74, 6) is 0.953. The van der Waals surface area contributed by atoms with Crippen molar-refractivity contribution in [2.24, 2.45) is 0 Å². The van der Waals surface area contributed by atoms with Gasteiger partial charge in [-0.1, -0.05) is 17.7 Å². The van der Waals surface area contributed by atoms with Crippen molar-refractivity contribution in [3.63, 3.8) is 0 Å². The highest BCUT2D eigenvalue weighted by Crippen LogP contribution is 2.32. The number of hydrogen-bond donors (Lipinski definition) is 1. The number of rotatable bonds is 2. The molecule has 0 saturated carbocycles. The van der Waals surface area contributed by atoms with Crippen LogP contribution >= 0.6 is 11.6 Å². The number of nitrogen functional groups attached to an aromatic ring is 1. The van der Waals surface area contributed by atoms with E-state index in [2.05, 4.69) is 27.0 Å². The van der Waals surface area contributed by atoms with E-state index in [4.69, 9.17) is 21.9 Å². The fraction of sp³-hybridized carbons (Fsp3) is 0.385. The third kappa shape index (κ3) is 2.44. The number of anilines is 2. The molecule has 106 valence electrons. The number of nitrogens with two attached hydrogens (primary N) is 1. The molecule has 0 amide bonds. The van der Waals surface area contributed by atoms with E-state index < -0.39 is 0 Å². The van der Waals surface area contributed by atoms with Crippen LogP contribution in [0.15, 0.2) is 22.7 Å². The van der Waals surface area contributed by atoms with Gasteiger partial charge in [-0.25, -0.2) is 0 Å². The summed E-state index contributed by atoms with van der Waals surface area (Å²) in [6.45, 7) is 3.73. The summed E-state index contributed by atoms with van der Waals surface area (Å²) >= 11 is 6.15. The van der Waals surface area contributed by atoms with Crippen molar-refractivity contribution < 1.29 is 4.52 Å². The third-order valence-corrected chi connectivity index (χ3v) is 3.78. The molecule has 6 nitrogen and oxygen atoms in total. The minimum atomic E-state index is 0.363. The van der Waals surface area contributed by atoms with E-state index >= 15 is 0 Å². The zero-order valence-corrected chi connectivity index (χ0v) is 12.0. The second kappa shape index (κ2) is 5.30. The SMILES string of the molecule is CN1CCN(c2noc(-c3c(N)cccc3Cl)n2)CC1. The van der Waals surface area contributed by atoms with E-state index in [1.165, 1.54) is 0 Å². The van der Waals surface area contributed by atoms with E-state index in [0.29, 0.717) is 28.1 Å². The van der Waals surface area contributed by atoms with Crippen LogP contribution < -0.4 is 10.6 Å². The molecule has 1 aliphatic heterocycles. The molecule has 7 heteroatoms. The van der Waals surface area contributed by atoms with Gasteiger partial charge in [0.1, 0.15) is 0 Å². The molecular weight excluding hydrogens is 278 g/mol. The summed E-state index contributed by atoms with van der Waals surface area (Å²) < 4.78 is 5.31. The molecule has 3 rings (SSSR count). The molecule has 1 fully saturated rings. The van der Waals surface area contributed by atoms with Gasteiger partial charge in [-0.3, -0.25) is 0 Å². The van der Waals surface area contributed by atoms with Gasteiger partial charge >= 0.3 is 0 Å². The van der Waals surface area contributed by atoms with Crippen LogP contribution in [0, 0.1) is 0 Å². The molecule has 2 aromatic rings. The van der Waals surface area contributed by atoms with Gasteiger partial charge in [0.25, 0.3) is 11.8 Å². The summed E-state index contributed by atoms with van der Waals surface area (Å²) in [4.78, 5) is 8.78. The lowest BCUT2D eigenvalue weighted by Crippen LogP contribution is -2.44. The molecular formula is C13H16ClN5O. The smallest absolute Gasteiger partial charge is 0.266 e. The maximum atomic E-state index is 6.15. The van der Waals surface area contributed by atoms with E-state index in [9.17, 15) is 0 Å². The van der Waals surface area contributed by atoms with E-state index in [0.717, 1.165) is 26.2 Å². The highest BCUT2D eigenvalue weighted by Gasteiger charge is 2.21. The lowest BCUT2D eigenvalue weighted by molar-refractivity contribution is 0.309. The molecule has 1 aromatic heterocycles. The molecule has 2 heterocycles. The largest absolute Gasteiger partial charge is 0.398 e. The lowest BCUT2D eigenvalue weighted by atomic mass is 10.2. The third-order valence-electron chi connectivity index (χ3n) is 3.46. The molecule has 0 radical (unpaired) electrons. The summed E-state index contributed by atoms with van der Waals surface area (Å²) in [7, 11) is 2.10. The van der Waals surface area contributed by atoms with Crippen LogP contribution in [0.4, 0.5) is 11.6 Å². The van der Waals surface area contributed by atoms with Gasteiger partial charge in [-0.05, 0) is 24.3 Å². The quantitative estimate of drug-likeness (QED) is 0.850. The fourth-order valence-electron chi connectivity index (χ4n) is 2.22. The van der Waals surface area contributed by atoms with Crippen LogP contribution in [0.5, 0.6) is 0 Å². The van der Waals surface area contributed by atoms with Crippen LogP contribution in [-0.2, 0) is 0 Å². The van der Waals surface area contributed by atoms with Crippen molar-refractivity contribution in [1.29, 1.82) is 0 Å². The standard InChI is InChI=1S/C13H16ClN5O/c1-18-5-7-19(8-6-18)13-16-12(20-17-13)11-9(14)3-2-4-10(11)15/h2-4H,5-8,15H2,1H3. The van der Waals surface area contributed by atoms with Crippen molar-refractivity contribution in [1.82, 2.24) is 15.0 Å². The Hall–Kier alpha value is -1.79. The monoisotopic (exact) mass is 293 g/mol. The number of aromatic nitrogens is 2. The van der Waals surface area contributed by atoms with Crippen LogP contribution in [0.3, 0.4) is 0 Å². The molecule has 0 bridgehead atoms. The highest BCUT2D eigenvalue weighted by atomic mass is 35.5. The summed E-state index contributed by atoms with van der Waals surface area (Å²) in [6, 6.07) is 5.31. The average molecular weight is 294 g/mol. The molecule has 0 spiro atoms. The number of halogens is 1. The van der Waals surface area contributed by atoms with Crippen molar-refractivity contribution in [3.05, 3.63) is 23.2 Å². The minimum Gasteiger partial charge on any atom is -0.398 e. The highest BCUT2D eigenvalue weighted by molar-refractivity contribution is 6.33. The Kier molecular flexibility index (Phi) is 3.50. The Morgan fingerprint density at radius 1 is 1.25 bits per heavy atom. The molecule has 0 unspecified atom stereocenters. The maximum absolute atomic E-state index is 6.15. The van der Waals surface area contributed by atoms with Gasteiger partial charge in [0.05, 0.1) is 10.6 Å². The van der Waals surface area contributed by atoms with E-state index in [1.807, 2.05) is 0 Å². The fourth-order valence-corrected chi connectivity index (χ4v) is 2.48. The summed E-state index contributed by atoms with van der Waals surface area (Å²) in [5.41, 5.74) is 7.06. The predicted octanol–water partition coefficient (Wildman–Crippen LogP) is 1.72. The first kappa shape index (κ1) is 13.2.